The molecule has 0 atom stereocenters. The van der Waals surface area contributed by atoms with E-state index in [1.54, 1.807) is 6.07 Å². The summed E-state index contributed by atoms with van der Waals surface area (Å²) >= 11 is 1.41. The normalized spacial score (nSPS) is 16.9. The van der Waals surface area contributed by atoms with Crippen LogP contribution in [0.4, 0.5) is 5.13 Å². The topological polar surface area (TPSA) is 55.1 Å². The number of furan rings is 1. The van der Waals surface area contributed by atoms with Gasteiger partial charge in [0.05, 0.1) is 5.69 Å². The average Bonchev–Trinajstić information content (AvgIpc) is 3.29. The Morgan fingerprint density at radius 2 is 1.77 bits per heavy atom. The van der Waals surface area contributed by atoms with E-state index in [4.69, 9.17) is 4.42 Å². The van der Waals surface area contributed by atoms with Gasteiger partial charge < -0.3 is 4.42 Å². The number of aryl methyl sites for hydroxylation is 2. The first kappa shape index (κ1) is 20.9. The second-order valence-corrected chi connectivity index (χ2v) is 10.6. The molecule has 158 valence electrons. The zero-order valence-electron chi connectivity index (χ0n) is 18.7. The minimum atomic E-state index is -0.263. The van der Waals surface area contributed by atoms with E-state index in [1.807, 2.05) is 18.4 Å². The molecule has 0 radical (unpaired) electrons. The van der Waals surface area contributed by atoms with Crippen LogP contribution in [0.2, 0.25) is 0 Å². The Labute approximate surface area is 182 Å². The molecular weight excluding hydrogens is 392 g/mol. The number of amides is 1. The first-order valence-electron chi connectivity index (χ1n) is 10.5. The lowest BCUT2D eigenvalue weighted by Gasteiger charge is -2.42. The predicted octanol–water partition coefficient (Wildman–Crippen LogP) is 6.55. The van der Waals surface area contributed by atoms with Crippen LogP contribution in [0.25, 0.3) is 0 Å². The third-order valence-electron chi connectivity index (χ3n) is 6.40. The molecule has 0 unspecified atom stereocenters. The molecule has 0 saturated heterocycles. The summed E-state index contributed by atoms with van der Waals surface area (Å²) in [5.41, 5.74) is 6.73. The molecule has 4 rings (SSSR count). The van der Waals surface area contributed by atoms with Gasteiger partial charge in [0.2, 0.25) is 0 Å². The molecule has 0 spiro atoms. The minimum Gasteiger partial charge on any atom is -0.456 e. The van der Waals surface area contributed by atoms with Gasteiger partial charge in [-0.15, -0.1) is 11.3 Å². The lowest BCUT2D eigenvalue weighted by molar-refractivity contribution is 0.0995. The highest BCUT2D eigenvalue weighted by molar-refractivity contribution is 7.13. The molecule has 2 aromatic heterocycles. The summed E-state index contributed by atoms with van der Waals surface area (Å²) < 4.78 is 5.89. The summed E-state index contributed by atoms with van der Waals surface area (Å²) in [5.74, 6) is 0.849. The summed E-state index contributed by atoms with van der Waals surface area (Å²) in [6, 6.07) is 8.38. The molecule has 5 heteroatoms. The van der Waals surface area contributed by atoms with Crippen LogP contribution in [0, 0.1) is 13.8 Å². The molecule has 30 heavy (non-hydrogen) atoms. The van der Waals surface area contributed by atoms with Crippen LogP contribution in [0.15, 0.2) is 34.1 Å². The van der Waals surface area contributed by atoms with Gasteiger partial charge in [-0.3, -0.25) is 10.1 Å². The van der Waals surface area contributed by atoms with Crippen LogP contribution in [0.1, 0.15) is 84.8 Å². The van der Waals surface area contributed by atoms with E-state index in [1.165, 1.54) is 46.4 Å². The van der Waals surface area contributed by atoms with Crippen molar-refractivity contribution < 1.29 is 9.21 Å². The van der Waals surface area contributed by atoms with E-state index < -0.39 is 0 Å². The fourth-order valence-electron chi connectivity index (χ4n) is 4.31. The molecule has 1 aromatic carbocycles. The largest absolute Gasteiger partial charge is 0.456 e. The monoisotopic (exact) mass is 422 g/mol. The number of carbonyl (C=O) groups is 1. The molecule has 1 N–H and O–H groups in total. The molecule has 1 aliphatic carbocycles. The third-order valence-corrected chi connectivity index (χ3v) is 7.27. The number of hydrogen-bond acceptors (Lipinski definition) is 4. The molecule has 0 fully saturated rings. The number of hydrogen-bond donors (Lipinski definition) is 1. The second kappa shape index (κ2) is 7.38. The highest BCUT2D eigenvalue weighted by Crippen LogP contribution is 2.46. The van der Waals surface area contributed by atoms with Crippen molar-refractivity contribution in [3.05, 3.63) is 69.1 Å². The summed E-state index contributed by atoms with van der Waals surface area (Å²) in [6.45, 7) is 13.5. The Balaban J connectivity index is 1.57. The van der Waals surface area contributed by atoms with E-state index in [0.717, 1.165) is 11.5 Å². The number of thiazole rings is 1. The highest BCUT2D eigenvalue weighted by atomic mass is 32.1. The smallest absolute Gasteiger partial charge is 0.293 e. The van der Waals surface area contributed by atoms with Gasteiger partial charge in [0, 0.05) is 11.8 Å². The van der Waals surface area contributed by atoms with E-state index in [0.29, 0.717) is 17.3 Å². The molecule has 1 aliphatic rings. The van der Waals surface area contributed by atoms with Crippen LogP contribution in [0.3, 0.4) is 0 Å². The first-order valence-corrected chi connectivity index (χ1v) is 11.4. The number of nitrogens with one attached hydrogen (secondary N) is 1. The zero-order valence-corrected chi connectivity index (χ0v) is 19.5. The van der Waals surface area contributed by atoms with Crippen molar-refractivity contribution in [2.75, 3.05) is 5.32 Å². The van der Waals surface area contributed by atoms with Crippen LogP contribution in [-0.4, -0.2) is 10.9 Å². The molecule has 3 aromatic rings. The number of nitrogens with zero attached hydrogens (tertiary/aromatic N) is 1. The number of rotatable bonds is 4. The van der Waals surface area contributed by atoms with Gasteiger partial charge in [-0.05, 0) is 71.9 Å². The second-order valence-electron chi connectivity index (χ2n) is 9.78. The summed E-state index contributed by atoms with van der Waals surface area (Å²) in [5, 5.41) is 5.30. The van der Waals surface area contributed by atoms with E-state index >= 15 is 0 Å². The molecule has 0 bridgehead atoms. The predicted molar refractivity (Wildman–Crippen MR) is 123 cm³/mol. The Morgan fingerprint density at radius 3 is 2.40 bits per heavy atom. The third kappa shape index (κ3) is 3.95. The van der Waals surface area contributed by atoms with E-state index in [2.05, 4.69) is 57.1 Å². The van der Waals surface area contributed by atoms with Crippen molar-refractivity contribution >= 4 is 22.4 Å². The van der Waals surface area contributed by atoms with Crippen molar-refractivity contribution in [1.82, 2.24) is 4.98 Å². The molecule has 4 nitrogen and oxygen atoms in total. The van der Waals surface area contributed by atoms with Crippen molar-refractivity contribution in [3.63, 3.8) is 0 Å². The molecular formula is C25H30N2O2S. The van der Waals surface area contributed by atoms with Gasteiger partial charge in [0.15, 0.2) is 10.9 Å². The summed E-state index contributed by atoms with van der Waals surface area (Å²) in [4.78, 5) is 16.7. The maximum atomic E-state index is 12.5. The fraction of sp³-hybridized carbons (Fsp3) is 0.440. The van der Waals surface area contributed by atoms with Gasteiger partial charge in [-0.25, -0.2) is 4.98 Å². The molecule has 1 amide bonds. The van der Waals surface area contributed by atoms with Gasteiger partial charge in [0.1, 0.15) is 5.76 Å². The van der Waals surface area contributed by atoms with Crippen molar-refractivity contribution in [2.45, 2.75) is 71.6 Å². The lowest BCUT2D eigenvalue weighted by Crippen LogP contribution is -2.34. The Bertz CT molecular complexity index is 1100. The SMILES string of the molecule is Cc1csc(NC(=O)c2ccc(Cc3cc4c(cc3C)C(C)(C)CCC4(C)C)o2)n1. The van der Waals surface area contributed by atoms with Crippen LogP contribution >= 0.6 is 11.3 Å². The van der Waals surface area contributed by atoms with Crippen molar-refractivity contribution in [2.24, 2.45) is 0 Å². The van der Waals surface area contributed by atoms with Crippen LogP contribution in [0.5, 0.6) is 0 Å². The van der Waals surface area contributed by atoms with Gasteiger partial charge in [0.25, 0.3) is 5.91 Å². The number of aromatic nitrogens is 1. The van der Waals surface area contributed by atoms with Gasteiger partial charge in [-0.1, -0.05) is 39.8 Å². The van der Waals surface area contributed by atoms with Crippen LogP contribution in [-0.2, 0) is 17.3 Å². The van der Waals surface area contributed by atoms with Crippen LogP contribution < -0.4 is 5.32 Å². The molecule has 0 aliphatic heterocycles. The lowest BCUT2D eigenvalue weighted by atomic mass is 9.62. The quantitative estimate of drug-likeness (QED) is 0.519. The number of anilines is 1. The molecule has 2 heterocycles. The van der Waals surface area contributed by atoms with Gasteiger partial charge in [-0.2, -0.15) is 0 Å². The maximum Gasteiger partial charge on any atom is 0.293 e. The summed E-state index contributed by atoms with van der Waals surface area (Å²) in [7, 11) is 0. The standard InChI is InChI=1S/C25H30N2O2S/c1-15-11-19-20(25(5,6)10-9-24(19,3)4)13-17(15)12-18-7-8-21(29-18)22(28)27-23-26-16(2)14-30-23/h7-8,11,13-14H,9-10,12H2,1-6H3,(H,26,27,28). The summed E-state index contributed by atoms with van der Waals surface area (Å²) in [6.07, 6.45) is 3.08. The number of benzene rings is 1. The minimum absolute atomic E-state index is 0.174. The first-order chi connectivity index (χ1) is 14.0. The maximum absolute atomic E-state index is 12.5. The fourth-order valence-corrected chi connectivity index (χ4v) is 4.99. The number of carbonyl (C=O) groups excluding carboxylic acids is 1. The van der Waals surface area contributed by atoms with E-state index in [-0.39, 0.29) is 16.7 Å². The Kier molecular flexibility index (Phi) is 5.13. The highest BCUT2D eigenvalue weighted by Gasteiger charge is 2.37. The Morgan fingerprint density at radius 1 is 1.10 bits per heavy atom. The zero-order chi connectivity index (χ0) is 21.7. The van der Waals surface area contributed by atoms with Crippen molar-refractivity contribution in [1.29, 1.82) is 0 Å². The van der Waals surface area contributed by atoms with E-state index in [9.17, 15) is 4.79 Å². The van der Waals surface area contributed by atoms with Gasteiger partial charge >= 0.3 is 0 Å². The average molecular weight is 423 g/mol. The Hall–Kier alpha value is -2.40. The molecule has 0 saturated carbocycles. The number of fused-ring (bicyclic) bond motifs is 1. The van der Waals surface area contributed by atoms with Crippen molar-refractivity contribution in [3.8, 4) is 0 Å².